The molecule has 2 rings (SSSR count). The van der Waals surface area contributed by atoms with E-state index in [2.05, 4.69) is 29.1 Å². The molecule has 1 aromatic heterocycles. The Kier molecular flexibility index (Phi) is 5.07. The number of nitrogens with one attached hydrogen (secondary N) is 1. The number of nitrogens with zero attached hydrogens (tertiary/aromatic N) is 2. The molecule has 0 unspecified atom stereocenters. The lowest BCUT2D eigenvalue weighted by Gasteiger charge is -2.07. The summed E-state index contributed by atoms with van der Waals surface area (Å²) in [4.78, 5) is 8.44. The molecule has 0 saturated heterocycles. The van der Waals surface area contributed by atoms with Gasteiger partial charge in [-0.15, -0.1) is 0 Å². The Morgan fingerprint density at radius 3 is 2.35 bits per heavy atom. The fourth-order valence-corrected chi connectivity index (χ4v) is 1.70. The molecular weight excluding hydrogens is 250 g/mol. The standard InChI is InChI=1S/C16H21N3O/c1-12(2)8-17-9-14-10-18-16(19-11-14)20-15-6-4-13(3)5-7-15/h4-7,10-12,17H,8-9H2,1-3H3. The van der Waals surface area contributed by atoms with Crippen molar-refractivity contribution in [3.05, 3.63) is 47.8 Å². The van der Waals surface area contributed by atoms with E-state index >= 15 is 0 Å². The third-order valence-corrected chi connectivity index (χ3v) is 2.79. The van der Waals surface area contributed by atoms with Gasteiger partial charge >= 0.3 is 6.01 Å². The van der Waals surface area contributed by atoms with E-state index in [-0.39, 0.29) is 0 Å². The normalized spacial score (nSPS) is 10.8. The summed E-state index contributed by atoms with van der Waals surface area (Å²) in [5.74, 6) is 1.39. The van der Waals surface area contributed by atoms with Gasteiger partial charge in [-0.1, -0.05) is 31.5 Å². The molecule has 0 aliphatic rings. The van der Waals surface area contributed by atoms with Crippen LogP contribution in [0.5, 0.6) is 11.8 Å². The van der Waals surface area contributed by atoms with Crippen LogP contribution in [0.15, 0.2) is 36.7 Å². The number of hydrogen-bond donors (Lipinski definition) is 1. The van der Waals surface area contributed by atoms with Crippen LogP contribution in [0.4, 0.5) is 0 Å². The van der Waals surface area contributed by atoms with Crippen molar-refractivity contribution in [2.24, 2.45) is 5.92 Å². The van der Waals surface area contributed by atoms with Crippen LogP contribution in [-0.4, -0.2) is 16.5 Å². The topological polar surface area (TPSA) is 47.0 Å². The number of aryl methyl sites for hydroxylation is 1. The molecule has 0 aliphatic heterocycles. The Labute approximate surface area is 120 Å². The molecule has 1 aromatic carbocycles. The molecule has 4 heteroatoms. The molecule has 0 radical (unpaired) electrons. The molecule has 2 aromatic rings. The van der Waals surface area contributed by atoms with Gasteiger partial charge in [-0.2, -0.15) is 0 Å². The predicted octanol–water partition coefficient (Wildman–Crippen LogP) is 3.32. The largest absolute Gasteiger partial charge is 0.424 e. The molecule has 1 N–H and O–H groups in total. The second-order valence-corrected chi connectivity index (χ2v) is 5.31. The summed E-state index contributed by atoms with van der Waals surface area (Å²) in [6, 6.07) is 8.20. The Bertz CT molecular complexity index is 520. The maximum absolute atomic E-state index is 5.59. The number of aromatic nitrogens is 2. The summed E-state index contributed by atoms with van der Waals surface area (Å²) in [7, 11) is 0. The van der Waals surface area contributed by atoms with Crippen LogP contribution in [0.2, 0.25) is 0 Å². The zero-order chi connectivity index (χ0) is 14.4. The minimum absolute atomic E-state index is 0.376. The lowest BCUT2D eigenvalue weighted by molar-refractivity contribution is 0.440. The Morgan fingerprint density at radius 1 is 1.10 bits per heavy atom. The van der Waals surface area contributed by atoms with Crippen molar-refractivity contribution in [2.75, 3.05) is 6.54 Å². The van der Waals surface area contributed by atoms with E-state index < -0.39 is 0 Å². The Morgan fingerprint density at radius 2 is 1.75 bits per heavy atom. The Balaban J connectivity index is 1.89. The Hall–Kier alpha value is -1.94. The quantitative estimate of drug-likeness (QED) is 0.875. The highest BCUT2D eigenvalue weighted by atomic mass is 16.5. The molecule has 20 heavy (non-hydrogen) atoms. The summed E-state index contributed by atoms with van der Waals surface area (Å²) in [5.41, 5.74) is 2.26. The summed E-state index contributed by atoms with van der Waals surface area (Å²) in [6.45, 7) is 8.17. The molecule has 106 valence electrons. The number of rotatable bonds is 6. The molecule has 0 fully saturated rings. The fourth-order valence-electron chi connectivity index (χ4n) is 1.70. The van der Waals surface area contributed by atoms with Gasteiger partial charge in [0.2, 0.25) is 0 Å². The third kappa shape index (κ3) is 4.63. The van der Waals surface area contributed by atoms with Crippen LogP contribution in [-0.2, 0) is 6.54 Å². The predicted molar refractivity (Wildman–Crippen MR) is 79.8 cm³/mol. The van der Waals surface area contributed by atoms with E-state index in [1.807, 2.05) is 31.2 Å². The van der Waals surface area contributed by atoms with E-state index in [0.717, 1.165) is 24.4 Å². The van der Waals surface area contributed by atoms with E-state index in [4.69, 9.17) is 4.74 Å². The maximum Gasteiger partial charge on any atom is 0.321 e. The van der Waals surface area contributed by atoms with Crippen molar-refractivity contribution in [3.63, 3.8) is 0 Å². The van der Waals surface area contributed by atoms with E-state index in [9.17, 15) is 0 Å². The summed E-state index contributed by atoms with van der Waals surface area (Å²) < 4.78 is 5.59. The van der Waals surface area contributed by atoms with Crippen molar-refractivity contribution < 1.29 is 4.74 Å². The molecule has 0 atom stereocenters. The lowest BCUT2D eigenvalue weighted by Crippen LogP contribution is -2.19. The molecule has 4 nitrogen and oxygen atoms in total. The van der Waals surface area contributed by atoms with Gasteiger partial charge in [0.05, 0.1) is 0 Å². The van der Waals surface area contributed by atoms with E-state index in [1.54, 1.807) is 12.4 Å². The fraction of sp³-hybridized carbons (Fsp3) is 0.375. The highest BCUT2D eigenvalue weighted by molar-refractivity contribution is 5.28. The first kappa shape index (κ1) is 14.5. The van der Waals surface area contributed by atoms with Gasteiger partial charge in [-0.25, -0.2) is 9.97 Å². The van der Waals surface area contributed by atoms with E-state index in [0.29, 0.717) is 11.9 Å². The van der Waals surface area contributed by atoms with Gasteiger partial charge in [0, 0.05) is 24.5 Å². The smallest absolute Gasteiger partial charge is 0.321 e. The van der Waals surface area contributed by atoms with Crippen molar-refractivity contribution in [3.8, 4) is 11.8 Å². The lowest BCUT2D eigenvalue weighted by atomic mass is 10.2. The van der Waals surface area contributed by atoms with Gasteiger partial charge in [-0.05, 0) is 31.5 Å². The summed E-state index contributed by atoms with van der Waals surface area (Å²) in [5, 5.41) is 3.36. The molecule has 0 saturated carbocycles. The molecule has 0 spiro atoms. The second-order valence-electron chi connectivity index (χ2n) is 5.31. The molecular formula is C16H21N3O. The van der Waals surface area contributed by atoms with Gasteiger partial charge in [0.15, 0.2) is 0 Å². The van der Waals surface area contributed by atoms with Gasteiger partial charge in [0.1, 0.15) is 5.75 Å². The number of hydrogen-bond acceptors (Lipinski definition) is 4. The second kappa shape index (κ2) is 7.01. The molecule has 0 amide bonds. The summed E-state index contributed by atoms with van der Waals surface area (Å²) >= 11 is 0. The first-order chi connectivity index (χ1) is 9.63. The molecule has 0 aliphatic carbocycles. The van der Waals surface area contributed by atoms with Crippen LogP contribution in [0, 0.1) is 12.8 Å². The highest BCUT2D eigenvalue weighted by Gasteiger charge is 2.01. The van der Waals surface area contributed by atoms with E-state index in [1.165, 1.54) is 5.56 Å². The highest BCUT2D eigenvalue weighted by Crippen LogP contribution is 2.17. The number of benzene rings is 1. The zero-order valence-corrected chi connectivity index (χ0v) is 12.3. The molecule has 1 heterocycles. The zero-order valence-electron chi connectivity index (χ0n) is 12.3. The average molecular weight is 271 g/mol. The van der Waals surface area contributed by atoms with Crippen LogP contribution in [0.3, 0.4) is 0 Å². The average Bonchev–Trinajstić information content (AvgIpc) is 2.43. The summed E-state index contributed by atoms with van der Waals surface area (Å²) in [6.07, 6.45) is 3.59. The minimum atomic E-state index is 0.376. The number of ether oxygens (including phenoxy) is 1. The first-order valence-corrected chi connectivity index (χ1v) is 6.89. The minimum Gasteiger partial charge on any atom is -0.424 e. The third-order valence-electron chi connectivity index (χ3n) is 2.79. The van der Waals surface area contributed by atoms with Crippen LogP contribution in [0.25, 0.3) is 0 Å². The maximum atomic E-state index is 5.59. The van der Waals surface area contributed by atoms with Gasteiger partial charge in [0.25, 0.3) is 0 Å². The van der Waals surface area contributed by atoms with Crippen molar-refractivity contribution >= 4 is 0 Å². The van der Waals surface area contributed by atoms with Crippen molar-refractivity contribution in [1.29, 1.82) is 0 Å². The van der Waals surface area contributed by atoms with Gasteiger partial charge < -0.3 is 10.1 Å². The van der Waals surface area contributed by atoms with Crippen LogP contribution < -0.4 is 10.1 Å². The van der Waals surface area contributed by atoms with Crippen LogP contribution >= 0.6 is 0 Å². The van der Waals surface area contributed by atoms with Crippen LogP contribution in [0.1, 0.15) is 25.0 Å². The monoisotopic (exact) mass is 271 g/mol. The first-order valence-electron chi connectivity index (χ1n) is 6.89. The SMILES string of the molecule is Cc1ccc(Oc2ncc(CNCC(C)C)cn2)cc1. The molecule has 0 bridgehead atoms. The van der Waals surface area contributed by atoms with Crippen molar-refractivity contribution in [1.82, 2.24) is 15.3 Å². The van der Waals surface area contributed by atoms with Gasteiger partial charge in [-0.3, -0.25) is 0 Å². The van der Waals surface area contributed by atoms with Crippen molar-refractivity contribution in [2.45, 2.75) is 27.3 Å².